The molecule has 236 valence electrons. The minimum Gasteiger partial charge on any atom is -0.494 e. The molecule has 2 atom stereocenters. The SMILES string of the molecule is COc1cc(C(=O)N2C[C@H](N)C[C@@H](F)C2)cc2nc(-c3cc4ccccc4n3CC3CC3)n(CCCOc3ccc(C#N)cc3)c12. The zero-order valence-electron chi connectivity index (χ0n) is 25.9. The third kappa shape index (κ3) is 5.90. The number of piperidine rings is 1. The molecule has 2 N–H and O–H groups in total. The molecule has 1 saturated carbocycles. The van der Waals surface area contributed by atoms with Crippen LogP contribution in [0.1, 0.15) is 41.6 Å². The van der Waals surface area contributed by atoms with Gasteiger partial charge >= 0.3 is 0 Å². The van der Waals surface area contributed by atoms with Crippen molar-refractivity contribution in [3.8, 4) is 29.1 Å². The van der Waals surface area contributed by atoms with Gasteiger partial charge in [0.05, 0.1) is 43.1 Å². The molecule has 0 spiro atoms. The molecule has 2 fully saturated rings. The Hall–Kier alpha value is -4.88. The van der Waals surface area contributed by atoms with Crippen LogP contribution in [0.3, 0.4) is 0 Å². The van der Waals surface area contributed by atoms with Crippen LogP contribution in [0, 0.1) is 17.2 Å². The van der Waals surface area contributed by atoms with Crippen molar-refractivity contribution in [2.75, 3.05) is 26.8 Å². The van der Waals surface area contributed by atoms with Gasteiger partial charge in [-0.05, 0) is 80.1 Å². The van der Waals surface area contributed by atoms with Crippen LogP contribution in [-0.4, -0.2) is 63.9 Å². The Morgan fingerprint density at radius 1 is 1.09 bits per heavy atom. The number of nitrogens with two attached hydrogens (primary N) is 1. The lowest BCUT2D eigenvalue weighted by Gasteiger charge is -2.33. The highest BCUT2D eigenvalue weighted by atomic mass is 19.1. The van der Waals surface area contributed by atoms with Gasteiger partial charge in [0, 0.05) is 42.1 Å². The van der Waals surface area contributed by atoms with Crippen molar-refractivity contribution in [3.63, 3.8) is 0 Å². The summed E-state index contributed by atoms with van der Waals surface area (Å²) in [5.74, 6) is 2.37. The van der Waals surface area contributed by atoms with E-state index < -0.39 is 12.2 Å². The summed E-state index contributed by atoms with van der Waals surface area (Å²) in [6, 6.07) is 22.9. The van der Waals surface area contributed by atoms with Crippen LogP contribution < -0.4 is 15.2 Å². The number of hydrogen-bond acceptors (Lipinski definition) is 6. The summed E-state index contributed by atoms with van der Waals surface area (Å²) in [6.45, 7) is 2.27. The monoisotopic (exact) mass is 620 g/mol. The van der Waals surface area contributed by atoms with E-state index in [-0.39, 0.29) is 18.9 Å². The van der Waals surface area contributed by atoms with E-state index in [2.05, 4.69) is 39.5 Å². The maximum atomic E-state index is 14.4. The van der Waals surface area contributed by atoms with E-state index in [4.69, 9.17) is 25.5 Å². The summed E-state index contributed by atoms with van der Waals surface area (Å²) in [5, 5.41) is 10.2. The molecule has 3 heterocycles. The molecule has 2 aromatic heterocycles. The number of nitriles is 1. The number of rotatable bonds is 10. The first-order valence-corrected chi connectivity index (χ1v) is 15.9. The third-order valence-electron chi connectivity index (χ3n) is 8.95. The van der Waals surface area contributed by atoms with Crippen molar-refractivity contribution < 1.29 is 18.7 Å². The number of halogens is 1. The van der Waals surface area contributed by atoms with Gasteiger partial charge in [0.15, 0.2) is 5.82 Å². The molecule has 0 bridgehead atoms. The van der Waals surface area contributed by atoms with Crippen LogP contribution in [0.2, 0.25) is 0 Å². The number of benzene rings is 3. The number of imidazole rings is 1. The number of carbonyl (C=O) groups is 1. The second kappa shape index (κ2) is 12.5. The second-order valence-electron chi connectivity index (χ2n) is 12.4. The third-order valence-corrected chi connectivity index (χ3v) is 8.95. The van der Waals surface area contributed by atoms with E-state index >= 15 is 0 Å². The fourth-order valence-electron chi connectivity index (χ4n) is 6.53. The van der Waals surface area contributed by atoms with Gasteiger partial charge in [-0.25, -0.2) is 9.37 Å². The number of aryl methyl sites for hydroxylation is 1. The maximum Gasteiger partial charge on any atom is 0.254 e. The smallest absolute Gasteiger partial charge is 0.254 e. The molecule has 2 aliphatic rings. The number of para-hydroxylation sites is 1. The van der Waals surface area contributed by atoms with Gasteiger partial charge in [-0.2, -0.15) is 5.26 Å². The van der Waals surface area contributed by atoms with Crippen LogP contribution in [0.25, 0.3) is 33.5 Å². The van der Waals surface area contributed by atoms with Gasteiger partial charge in [-0.15, -0.1) is 0 Å². The normalized spacial score (nSPS) is 18.2. The molecule has 10 heteroatoms. The zero-order chi connectivity index (χ0) is 31.8. The highest BCUT2D eigenvalue weighted by Crippen LogP contribution is 2.38. The van der Waals surface area contributed by atoms with Crippen LogP contribution in [-0.2, 0) is 13.1 Å². The number of amides is 1. The Balaban J connectivity index is 1.28. The van der Waals surface area contributed by atoms with Gasteiger partial charge in [0.1, 0.15) is 23.2 Å². The lowest BCUT2D eigenvalue weighted by molar-refractivity contribution is 0.0606. The Kier molecular flexibility index (Phi) is 8.09. The minimum atomic E-state index is -1.15. The second-order valence-corrected chi connectivity index (χ2v) is 12.4. The van der Waals surface area contributed by atoms with E-state index in [1.165, 1.54) is 17.7 Å². The maximum absolute atomic E-state index is 14.4. The van der Waals surface area contributed by atoms with Crippen LogP contribution in [0.4, 0.5) is 4.39 Å². The highest BCUT2D eigenvalue weighted by molar-refractivity contribution is 6.00. The predicted octanol–water partition coefficient (Wildman–Crippen LogP) is 5.93. The average molecular weight is 621 g/mol. The van der Waals surface area contributed by atoms with Crippen LogP contribution >= 0.6 is 0 Å². The number of alkyl halides is 1. The Morgan fingerprint density at radius 2 is 1.89 bits per heavy atom. The molecule has 3 aromatic carbocycles. The number of methoxy groups -OCH3 is 1. The molecule has 9 nitrogen and oxygen atoms in total. The first-order chi connectivity index (χ1) is 22.4. The largest absolute Gasteiger partial charge is 0.494 e. The minimum absolute atomic E-state index is 0.0209. The van der Waals surface area contributed by atoms with Crippen LogP contribution in [0.5, 0.6) is 11.5 Å². The van der Waals surface area contributed by atoms with Crippen molar-refractivity contribution in [2.24, 2.45) is 11.7 Å². The summed E-state index contributed by atoms with van der Waals surface area (Å²) in [5.41, 5.74) is 10.6. The molecule has 5 aromatic rings. The quantitative estimate of drug-likeness (QED) is 0.194. The van der Waals surface area contributed by atoms with Crippen molar-refractivity contribution >= 4 is 27.8 Å². The lowest BCUT2D eigenvalue weighted by Crippen LogP contribution is -2.50. The van der Waals surface area contributed by atoms with E-state index in [1.54, 1.807) is 43.5 Å². The van der Waals surface area contributed by atoms with E-state index in [0.29, 0.717) is 60.2 Å². The summed E-state index contributed by atoms with van der Waals surface area (Å²) < 4.78 is 30.8. The summed E-state index contributed by atoms with van der Waals surface area (Å²) >= 11 is 0. The molecule has 1 aliphatic carbocycles. The number of carbonyl (C=O) groups excluding carboxylic acids is 1. The predicted molar refractivity (Wildman–Crippen MR) is 175 cm³/mol. The van der Waals surface area contributed by atoms with Gasteiger partial charge in [-0.3, -0.25) is 4.79 Å². The van der Waals surface area contributed by atoms with E-state index in [0.717, 1.165) is 34.5 Å². The standard InChI is InChI=1S/C36H37FN6O3/c1-45-33-17-26(36(44)41-21-27(37)18-28(39)22-41)15-30-34(33)42(13-4-14-46-29-11-9-23(19-38)10-12-29)35(40-30)32-16-25-5-2-3-6-31(25)43(32)20-24-7-8-24/h2-3,5-6,9-12,15-17,24,27-28H,4,7-8,13-14,18,20-22,39H2,1H3/t27-,28-/m1/s1. The van der Waals surface area contributed by atoms with E-state index in [9.17, 15) is 9.18 Å². The molecule has 7 rings (SSSR count). The van der Waals surface area contributed by atoms with Gasteiger partial charge in [0.25, 0.3) is 5.91 Å². The number of ether oxygens (including phenoxy) is 2. The fraction of sp³-hybridized carbons (Fsp3) is 0.361. The van der Waals surface area contributed by atoms with Crippen molar-refractivity contribution in [1.29, 1.82) is 5.26 Å². The molecular weight excluding hydrogens is 583 g/mol. The summed E-state index contributed by atoms with van der Waals surface area (Å²) in [7, 11) is 1.59. The average Bonchev–Trinajstić information content (AvgIpc) is 3.71. The van der Waals surface area contributed by atoms with Gasteiger partial charge in [0.2, 0.25) is 0 Å². The zero-order valence-corrected chi connectivity index (χ0v) is 25.9. The van der Waals surface area contributed by atoms with Crippen molar-refractivity contribution in [2.45, 2.75) is 51.0 Å². The summed E-state index contributed by atoms with van der Waals surface area (Å²) in [4.78, 5) is 20.3. The summed E-state index contributed by atoms with van der Waals surface area (Å²) in [6.07, 6.45) is 2.21. The van der Waals surface area contributed by atoms with E-state index in [1.807, 2.05) is 6.07 Å². The first kappa shape index (κ1) is 29.8. The molecule has 0 radical (unpaired) electrons. The molecule has 46 heavy (non-hydrogen) atoms. The highest BCUT2D eigenvalue weighted by Gasteiger charge is 2.31. The van der Waals surface area contributed by atoms with Crippen molar-refractivity contribution in [3.05, 3.63) is 77.9 Å². The molecule has 1 aliphatic heterocycles. The number of aromatic nitrogens is 3. The molecular formula is C36H37FN6O3. The number of nitrogens with zero attached hydrogens (tertiary/aromatic N) is 5. The Morgan fingerprint density at radius 3 is 2.63 bits per heavy atom. The van der Waals surface area contributed by atoms with Crippen LogP contribution in [0.15, 0.2) is 66.7 Å². The van der Waals surface area contributed by atoms with Gasteiger partial charge < -0.3 is 29.2 Å². The first-order valence-electron chi connectivity index (χ1n) is 15.9. The fourth-order valence-corrected chi connectivity index (χ4v) is 6.53. The lowest BCUT2D eigenvalue weighted by atomic mass is 10.0. The number of likely N-dealkylation sites (tertiary alicyclic amines) is 1. The molecule has 0 unspecified atom stereocenters. The molecule has 1 saturated heterocycles. The molecule has 1 amide bonds. The topological polar surface area (TPSA) is 111 Å². The number of fused-ring (bicyclic) bond motifs is 2. The van der Waals surface area contributed by atoms with Crippen molar-refractivity contribution in [1.82, 2.24) is 19.0 Å². The Bertz CT molecular complexity index is 1930. The number of hydrogen-bond donors (Lipinski definition) is 1. The van der Waals surface area contributed by atoms with Gasteiger partial charge in [-0.1, -0.05) is 18.2 Å². The Labute approximate surface area is 266 Å².